The quantitative estimate of drug-likeness (QED) is 0.732. The molecule has 1 heterocycles. The summed E-state index contributed by atoms with van der Waals surface area (Å²) in [4.78, 5) is 10.2. The van der Waals surface area contributed by atoms with Crippen molar-refractivity contribution in [3.8, 4) is 0 Å². The van der Waals surface area contributed by atoms with Crippen LogP contribution in [0.1, 0.15) is 12.7 Å². The Morgan fingerprint density at radius 2 is 2.38 bits per heavy atom. The van der Waals surface area contributed by atoms with Crippen molar-refractivity contribution in [2.75, 3.05) is 0 Å². The van der Waals surface area contributed by atoms with Crippen LogP contribution in [0, 0.1) is 0 Å². The standard InChI is InChI=1S/C9H9FO3/c1-6(8(10)9(11)12)5-7-3-2-4-13-7/h2-4H,5H2,1H3,(H,11,12). The van der Waals surface area contributed by atoms with Crippen LogP contribution in [0.4, 0.5) is 4.39 Å². The molecule has 70 valence electrons. The Morgan fingerprint density at radius 3 is 2.85 bits per heavy atom. The van der Waals surface area contributed by atoms with Gasteiger partial charge in [-0.05, 0) is 24.6 Å². The van der Waals surface area contributed by atoms with Crippen LogP contribution in [-0.2, 0) is 11.2 Å². The van der Waals surface area contributed by atoms with E-state index in [1.807, 2.05) is 0 Å². The van der Waals surface area contributed by atoms with Crippen LogP contribution >= 0.6 is 0 Å². The number of halogens is 1. The maximum Gasteiger partial charge on any atom is 0.364 e. The minimum absolute atomic E-state index is 0.155. The van der Waals surface area contributed by atoms with Gasteiger partial charge in [-0.1, -0.05) is 0 Å². The molecule has 1 aromatic rings. The second-order valence-electron chi connectivity index (χ2n) is 2.66. The van der Waals surface area contributed by atoms with Gasteiger partial charge in [0.1, 0.15) is 5.76 Å². The zero-order valence-corrected chi connectivity index (χ0v) is 7.08. The van der Waals surface area contributed by atoms with E-state index in [4.69, 9.17) is 9.52 Å². The molecule has 0 aliphatic rings. The molecule has 1 aromatic heterocycles. The Hall–Kier alpha value is -1.58. The Labute approximate surface area is 74.5 Å². The molecule has 0 saturated heterocycles. The second-order valence-corrected chi connectivity index (χ2v) is 2.66. The van der Waals surface area contributed by atoms with E-state index in [0.717, 1.165) is 0 Å². The normalized spacial score (nSPS) is 12.5. The van der Waals surface area contributed by atoms with Crippen LogP contribution in [0.2, 0.25) is 0 Å². The lowest BCUT2D eigenvalue weighted by molar-refractivity contribution is -0.134. The fourth-order valence-electron chi connectivity index (χ4n) is 0.935. The average molecular weight is 184 g/mol. The van der Waals surface area contributed by atoms with Gasteiger partial charge < -0.3 is 9.52 Å². The summed E-state index contributed by atoms with van der Waals surface area (Å²) in [7, 11) is 0. The van der Waals surface area contributed by atoms with Crippen molar-refractivity contribution in [3.05, 3.63) is 35.6 Å². The molecule has 13 heavy (non-hydrogen) atoms. The van der Waals surface area contributed by atoms with E-state index in [2.05, 4.69) is 0 Å². The number of carbonyl (C=O) groups is 1. The highest BCUT2D eigenvalue weighted by atomic mass is 19.1. The lowest BCUT2D eigenvalue weighted by atomic mass is 10.1. The molecule has 3 nitrogen and oxygen atoms in total. The van der Waals surface area contributed by atoms with E-state index >= 15 is 0 Å². The number of furan rings is 1. The highest BCUT2D eigenvalue weighted by Gasteiger charge is 2.11. The lowest BCUT2D eigenvalue weighted by Crippen LogP contribution is -1.99. The molecule has 0 unspecified atom stereocenters. The topological polar surface area (TPSA) is 50.4 Å². The number of aliphatic carboxylic acids is 1. The van der Waals surface area contributed by atoms with Gasteiger partial charge in [-0.3, -0.25) is 0 Å². The molecule has 0 bridgehead atoms. The van der Waals surface area contributed by atoms with Crippen molar-refractivity contribution >= 4 is 5.97 Å². The van der Waals surface area contributed by atoms with Gasteiger partial charge in [0.25, 0.3) is 0 Å². The fraction of sp³-hybridized carbons (Fsp3) is 0.222. The largest absolute Gasteiger partial charge is 0.476 e. The highest BCUT2D eigenvalue weighted by molar-refractivity contribution is 5.84. The lowest BCUT2D eigenvalue weighted by Gasteiger charge is -1.97. The minimum atomic E-state index is -1.54. The molecule has 0 aromatic carbocycles. The number of hydrogen-bond donors (Lipinski definition) is 1. The molecule has 0 atom stereocenters. The van der Waals surface area contributed by atoms with Gasteiger partial charge in [0, 0.05) is 6.42 Å². The smallest absolute Gasteiger partial charge is 0.364 e. The van der Waals surface area contributed by atoms with Gasteiger partial charge in [0.15, 0.2) is 0 Å². The zero-order valence-electron chi connectivity index (χ0n) is 7.08. The third-order valence-electron chi connectivity index (χ3n) is 1.58. The first-order chi connectivity index (χ1) is 6.11. The summed E-state index contributed by atoms with van der Waals surface area (Å²) in [6.07, 6.45) is 1.65. The van der Waals surface area contributed by atoms with Gasteiger partial charge in [0.2, 0.25) is 5.83 Å². The number of hydrogen-bond acceptors (Lipinski definition) is 2. The van der Waals surface area contributed by atoms with Crippen molar-refractivity contribution in [1.82, 2.24) is 0 Å². The average Bonchev–Trinajstić information content (AvgIpc) is 2.55. The zero-order chi connectivity index (χ0) is 9.84. The number of rotatable bonds is 3. The first kappa shape index (κ1) is 9.51. The Balaban J connectivity index is 2.75. The predicted octanol–water partition coefficient (Wildman–Crippen LogP) is 2.15. The van der Waals surface area contributed by atoms with Crippen molar-refractivity contribution < 1.29 is 18.7 Å². The summed E-state index contributed by atoms with van der Waals surface area (Å²) >= 11 is 0. The molecule has 0 fully saturated rings. The summed E-state index contributed by atoms with van der Waals surface area (Å²) in [5.74, 6) is -2.10. The van der Waals surface area contributed by atoms with Crippen LogP contribution in [0.5, 0.6) is 0 Å². The second kappa shape index (κ2) is 3.89. The number of carboxylic acid groups (broad SMARTS) is 1. The fourth-order valence-corrected chi connectivity index (χ4v) is 0.935. The summed E-state index contributed by atoms with van der Waals surface area (Å²) < 4.78 is 17.7. The van der Waals surface area contributed by atoms with Crippen molar-refractivity contribution in [3.63, 3.8) is 0 Å². The Bertz CT molecular complexity index is 325. The monoisotopic (exact) mass is 184 g/mol. The molecule has 0 radical (unpaired) electrons. The van der Waals surface area contributed by atoms with E-state index in [0.29, 0.717) is 5.76 Å². The van der Waals surface area contributed by atoms with Crippen molar-refractivity contribution in [1.29, 1.82) is 0 Å². The molecule has 0 aliphatic heterocycles. The first-order valence-corrected chi connectivity index (χ1v) is 3.72. The van der Waals surface area contributed by atoms with Gasteiger partial charge in [-0.15, -0.1) is 0 Å². The summed E-state index contributed by atoms with van der Waals surface area (Å²) in [6, 6.07) is 3.33. The van der Waals surface area contributed by atoms with Crippen molar-refractivity contribution in [2.45, 2.75) is 13.3 Å². The van der Waals surface area contributed by atoms with E-state index in [1.54, 1.807) is 12.1 Å². The third kappa shape index (κ3) is 2.43. The molecule has 0 aliphatic carbocycles. The summed E-state index contributed by atoms with van der Waals surface area (Å²) in [5.41, 5.74) is 0.155. The van der Waals surface area contributed by atoms with E-state index < -0.39 is 11.8 Å². The first-order valence-electron chi connectivity index (χ1n) is 3.72. The molecule has 1 N–H and O–H groups in total. The number of allylic oxidation sites excluding steroid dienone is 1. The SMILES string of the molecule is CC(Cc1ccco1)=C(F)C(=O)O. The Kier molecular flexibility index (Phi) is 2.84. The Morgan fingerprint density at radius 1 is 1.69 bits per heavy atom. The maximum absolute atomic E-state index is 12.7. The van der Waals surface area contributed by atoms with Crippen LogP contribution in [0.3, 0.4) is 0 Å². The van der Waals surface area contributed by atoms with E-state index in [-0.39, 0.29) is 12.0 Å². The van der Waals surface area contributed by atoms with Crippen LogP contribution < -0.4 is 0 Å². The molecule has 0 amide bonds. The summed E-state index contributed by atoms with van der Waals surface area (Å²) in [6.45, 7) is 1.42. The van der Waals surface area contributed by atoms with Crippen LogP contribution in [0.15, 0.2) is 34.2 Å². The van der Waals surface area contributed by atoms with Gasteiger partial charge in [-0.2, -0.15) is 4.39 Å². The van der Waals surface area contributed by atoms with Crippen LogP contribution in [-0.4, -0.2) is 11.1 Å². The molecule has 1 rings (SSSR count). The number of carboxylic acids is 1. The van der Waals surface area contributed by atoms with E-state index in [9.17, 15) is 9.18 Å². The predicted molar refractivity (Wildman–Crippen MR) is 43.9 cm³/mol. The third-order valence-corrected chi connectivity index (χ3v) is 1.58. The molecule has 0 spiro atoms. The summed E-state index contributed by atoms with van der Waals surface area (Å²) in [5, 5.41) is 8.32. The maximum atomic E-state index is 12.7. The highest BCUT2D eigenvalue weighted by Crippen LogP contribution is 2.13. The van der Waals surface area contributed by atoms with Crippen molar-refractivity contribution in [2.24, 2.45) is 0 Å². The van der Waals surface area contributed by atoms with E-state index in [1.165, 1.54) is 13.2 Å². The van der Waals surface area contributed by atoms with Gasteiger partial charge in [-0.25, -0.2) is 4.79 Å². The molecular formula is C9H9FO3. The van der Waals surface area contributed by atoms with Gasteiger partial charge in [0.05, 0.1) is 6.26 Å². The molecule has 0 saturated carbocycles. The molecular weight excluding hydrogens is 175 g/mol. The van der Waals surface area contributed by atoms with Crippen LogP contribution in [0.25, 0.3) is 0 Å². The minimum Gasteiger partial charge on any atom is -0.476 e. The van der Waals surface area contributed by atoms with Gasteiger partial charge >= 0.3 is 5.97 Å². The molecule has 4 heteroatoms.